The highest BCUT2D eigenvalue weighted by atomic mass is 16.3. The fraction of sp³-hybridized carbons (Fsp3) is 0.217. The maximum absolute atomic E-state index is 7.19. The molecule has 12 aromatic carbocycles. The summed E-state index contributed by atoms with van der Waals surface area (Å²) in [4.78, 5) is 5.27. The first-order valence-electron chi connectivity index (χ1n) is 35.2. The Labute approximate surface area is 577 Å². The van der Waals surface area contributed by atoms with E-state index in [1.807, 2.05) is 0 Å². The number of hydrogen-bond donors (Lipinski definition) is 0. The van der Waals surface area contributed by atoms with Crippen LogP contribution in [-0.4, -0.2) is 15.8 Å². The van der Waals surface area contributed by atoms with E-state index in [-0.39, 0.29) is 33.8 Å². The van der Waals surface area contributed by atoms with E-state index in [0.717, 1.165) is 73.0 Å². The molecule has 17 rings (SSSR count). The van der Waals surface area contributed by atoms with Crippen molar-refractivity contribution in [2.75, 3.05) is 9.80 Å². The summed E-state index contributed by atoms with van der Waals surface area (Å²) in [6.45, 7) is 35.0. The number of nitrogens with zero attached hydrogens (tertiary/aromatic N) is 4. The summed E-state index contributed by atoms with van der Waals surface area (Å²) in [6.07, 6.45) is 0. The molecule has 0 amide bonds. The van der Waals surface area contributed by atoms with Gasteiger partial charge >= 0.3 is 0 Å². The van der Waals surface area contributed by atoms with Gasteiger partial charge in [-0.25, -0.2) is 0 Å². The molecule has 0 bridgehead atoms. The second kappa shape index (κ2) is 21.6. The number of aromatic nitrogens is 2. The number of fused-ring (bicyclic) bond motifs is 14. The molecule has 0 N–H and O–H groups in total. The molecule has 98 heavy (non-hydrogen) atoms. The number of para-hydroxylation sites is 5. The molecule has 15 aromatic rings. The monoisotopic (exact) mass is 1270 g/mol. The van der Waals surface area contributed by atoms with Crippen molar-refractivity contribution >= 4 is 123 Å². The number of rotatable bonds is 6. The fourth-order valence-corrected chi connectivity index (χ4v) is 16.0. The van der Waals surface area contributed by atoms with E-state index in [0.29, 0.717) is 0 Å². The highest BCUT2D eigenvalue weighted by Crippen LogP contribution is 2.53. The van der Waals surface area contributed by atoms with Crippen molar-refractivity contribution in [3.8, 4) is 33.6 Å². The predicted octanol–water partition coefficient (Wildman–Crippen LogP) is 23.7. The zero-order valence-corrected chi connectivity index (χ0v) is 59.4. The SMILES string of the molecule is CC(C)(C)c1ccc(-c2cc(C(C)(C)C)ccc2N2c3cc(-n4c5ccccc5c5ccc6c7ccccc7n(-c7ccccc7)c6c54)ccc3B3c4ccc(-c5cc(C(C)(C)C)cc(C(C)(C)C)c5)cc4N(c4cccc5c4oc4ccccc45)c4cc(C(C)(C)C)cc2c43)cc1. The molecule has 0 saturated carbocycles. The largest absolute Gasteiger partial charge is 0.454 e. The van der Waals surface area contributed by atoms with Gasteiger partial charge in [0.05, 0.1) is 33.4 Å². The van der Waals surface area contributed by atoms with Gasteiger partial charge in [0.2, 0.25) is 0 Å². The Morgan fingerprint density at radius 2 is 0.776 bits per heavy atom. The van der Waals surface area contributed by atoms with Crippen LogP contribution in [0.3, 0.4) is 0 Å². The van der Waals surface area contributed by atoms with Crippen molar-refractivity contribution in [2.45, 2.75) is 131 Å². The van der Waals surface area contributed by atoms with Crippen LogP contribution in [0, 0.1) is 0 Å². The van der Waals surface area contributed by atoms with Crippen LogP contribution in [0.25, 0.3) is 99.2 Å². The standard InChI is InChI=1S/C92H85BN4O/c1-88(2,3)59-39-36-56(37-40-59)72-52-60(89(4,5)6)41-47-77(72)96-80-55-65(95-76-33-23-20-29-67(76)70-44-43-69-66-28-19-22-32-75(66)94(85(69)86(70)95)64-26-17-16-18-27-64)42-46-74(80)93-73-45-38-57(58-48-61(90(7,8)9)51-62(49-58)91(10,11)12)50-79(73)97(82-54-63(92(13,14)15)53-81(96)84(82)93)78-34-25-31-71-68-30-21-24-35-83(68)98-87(71)78/h16-55H,1-15H3. The van der Waals surface area contributed by atoms with E-state index in [1.165, 1.54) is 105 Å². The number of hydrogen-bond acceptors (Lipinski definition) is 3. The second-order valence-corrected chi connectivity index (χ2v) is 33.1. The molecule has 3 aromatic heterocycles. The first kappa shape index (κ1) is 61.3. The van der Waals surface area contributed by atoms with E-state index in [1.54, 1.807) is 0 Å². The maximum atomic E-state index is 7.19. The molecule has 0 atom stereocenters. The quantitative estimate of drug-likeness (QED) is 0.155. The third kappa shape index (κ3) is 9.63. The first-order chi connectivity index (χ1) is 46.8. The number of anilines is 6. The van der Waals surface area contributed by atoms with Crippen molar-refractivity contribution in [3.05, 3.63) is 270 Å². The van der Waals surface area contributed by atoms with Gasteiger partial charge in [0.15, 0.2) is 5.58 Å². The molecule has 0 fully saturated rings. The van der Waals surface area contributed by atoms with Gasteiger partial charge in [-0.2, -0.15) is 0 Å². The third-order valence-corrected chi connectivity index (χ3v) is 21.5. The summed E-state index contributed by atoms with van der Waals surface area (Å²) in [5.41, 5.74) is 29.8. The molecule has 0 radical (unpaired) electrons. The summed E-state index contributed by atoms with van der Waals surface area (Å²) in [6, 6.07) is 93.0. The van der Waals surface area contributed by atoms with Gasteiger partial charge in [0.1, 0.15) is 5.58 Å². The lowest BCUT2D eigenvalue weighted by Gasteiger charge is -2.45. The van der Waals surface area contributed by atoms with Crippen LogP contribution in [0.15, 0.2) is 247 Å². The van der Waals surface area contributed by atoms with Gasteiger partial charge in [-0.05, 0) is 167 Å². The number of benzene rings is 12. The lowest BCUT2D eigenvalue weighted by Crippen LogP contribution is -2.61. The predicted molar refractivity (Wildman–Crippen MR) is 421 cm³/mol. The van der Waals surface area contributed by atoms with Crippen LogP contribution < -0.4 is 26.2 Å². The number of furan rings is 1. The minimum Gasteiger partial charge on any atom is -0.454 e. The van der Waals surface area contributed by atoms with Crippen LogP contribution in [-0.2, 0) is 27.1 Å². The van der Waals surface area contributed by atoms with Crippen LogP contribution in [0.1, 0.15) is 132 Å². The average molecular weight is 1270 g/mol. The Kier molecular flexibility index (Phi) is 13.5. The Morgan fingerprint density at radius 1 is 0.286 bits per heavy atom. The molecule has 0 aliphatic carbocycles. The van der Waals surface area contributed by atoms with E-state index in [9.17, 15) is 0 Å². The van der Waals surface area contributed by atoms with Crippen LogP contribution in [0.2, 0.25) is 0 Å². The first-order valence-corrected chi connectivity index (χ1v) is 35.2. The van der Waals surface area contributed by atoms with Crippen LogP contribution >= 0.6 is 0 Å². The van der Waals surface area contributed by atoms with Gasteiger partial charge in [0, 0.05) is 72.0 Å². The van der Waals surface area contributed by atoms with Gasteiger partial charge in [-0.1, -0.05) is 268 Å². The fourth-order valence-electron chi connectivity index (χ4n) is 16.0. The summed E-state index contributed by atoms with van der Waals surface area (Å²) in [5.74, 6) is 0. The summed E-state index contributed by atoms with van der Waals surface area (Å²) in [5, 5.41) is 7.08. The molecule has 0 unspecified atom stereocenters. The normalized spacial score (nSPS) is 13.6. The molecule has 0 saturated heterocycles. The summed E-state index contributed by atoms with van der Waals surface area (Å²) < 4.78 is 12.3. The minimum atomic E-state index is -0.280. The second-order valence-electron chi connectivity index (χ2n) is 33.1. The highest BCUT2D eigenvalue weighted by molar-refractivity contribution is 7.00. The van der Waals surface area contributed by atoms with Gasteiger partial charge in [0.25, 0.3) is 6.71 Å². The van der Waals surface area contributed by atoms with Gasteiger partial charge < -0.3 is 23.4 Å². The van der Waals surface area contributed by atoms with Crippen molar-refractivity contribution < 1.29 is 4.42 Å². The molecule has 2 aliphatic heterocycles. The van der Waals surface area contributed by atoms with Crippen LogP contribution in [0.5, 0.6) is 0 Å². The van der Waals surface area contributed by atoms with E-state index < -0.39 is 0 Å². The lowest BCUT2D eigenvalue weighted by molar-refractivity contribution is 0.569. The van der Waals surface area contributed by atoms with Crippen LogP contribution in [0.4, 0.5) is 34.1 Å². The minimum absolute atomic E-state index is 0.0202. The maximum Gasteiger partial charge on any atom is 0.252 e. The average Bonchev–Trinajstić information content (AvgIpc) is 0.812. The van der Waals surface area contributed by atoms with E-state index in [4.69, 9.17) is 4.42 Å². The molecular formula is C92H85BN4O. The van der Waals surface area contributed by atoms with Crippen molar-refractivity contribution in [2.24, 2.45) is 0 Å². The van der Waals surface area contributed by atoms with E-state index >= 15 is 0 Å². The molecule has 0 spiro atoms. The molecule has 482 valence electrons. The topological polar surface area (TPSA) is 29.5 Å². The Bertz CT molecular complexity index is 5750. The van der Waals surface area contributed by atoms with Crippen molar-refractivity contribution in [1.29, 1.82) is 0 Å². The zero-order chi connectivity index (χ0) is 67.9. The lowest BCUT2D eigenvalue weighted by atomic mass is 9.33. The summed E-state index contributed by atoms with van der Waals surface area (Å²) >= 11 is 0. The van der Waals surface area contributed by atoms with E-state index in [2.05, 4.69) is 365 Å². The molecule has 5 nitrogen and oxygen atoms in total. The smallest absolute Gasteiger partial charge is 0.252 e. The molecular weight excluding hydrogens is 1190 g/mol. The third-order valence-electron chi connectivity index (χ3n) is 21.5. The Hall–Kier alpha value is -10.3. The zero-order valence-electron chi connectivity index (χ0n) is 59.4. The Balaban J connectivity index is 1.02. The van der Waals surface area contributed by atoms with Crippen molar-refractivity contribution in [1.82, 2.24) is 9.13 Å². The van der Waals surface area contributed by atoms with Crippen molar-refractivity contribution in [3.63, 3.8) is 0 Å². The molecule has 6 heteroatoms. The Morgan fingerprint density at radius 3 is 1.38 bits per heavy atom. The van der Waals surface area contributed by atoms with Gasteiger partial charge in [-0.3, -0.25) is 0 Å². The van der Waals surface area contributed by atoms with Gasteiger partial charge in [-0.15, -0.1) is 0 Å². The molecule has 2 aliphatic rings. The summed E-state index contributed by atoms with van der Waals surface area (Å²) in [7, 11) is 0. The molecule has 5 heterocycles. The highest BCUT2D eigenvalue weighted by Gasteiger charge is 2.46.